The first-order valence-corrected chi connectivity index (χ1v) is 9.02. The Kier molecular flexibility index (Phi) is 7.37. The van der Waals surface area contributed by atoms with Crippen LogP contribution in [0, 0.1) is 13.8 Å². The molecule has 0 spiro atoms. The Bertz CT molecular complexity index is 1120. The Hall–Kier alpha value is -4.15. The van der Waals surface area contributed by atoms with Gasteiger partial charge < -0.3 is 20.7 Å². The third-order valence-electron chi connectivity index (χ3n) is 4.33. The molecule has 0 bridgehead atoms. The summed E-state index contributed by atoms with van der Waals surface area (Å²) in [5.74, 6) is -3.53. The Morgan fingerprint density at radius 3 is 1.88 bits per heavy atom. The van der Waals surface area contributed by atoms with Crippen LogP contribution in [0.25, 0.3) is 5.69 Å². The van der Waals surface area contributed by atoms with E-state index in [1.807, 2.05) is 42.7 Å². The number of anilines is 1. The van der Waals surface area contributed by atoms with Crippen molar-refractivity contribution >= 4 is 23.5 Å². The fourth-order valence-electron chi connectivity index (χ4n) is 2.45. The summed E-state index contributed by atoms with van der Waals surface area (Å²) in [5.41, 5.74) is 9.73. The third kappa shape index (κ3) is 6.17. The molecular weight excluding hydrogens is 429 g/mol. The Balaban J connectivity index is 0.000000451. The van der Waals surface area contributed by atoms with Crippen molar-refractivity contribution in [3.05, 3.63) is 77.4 Å². The Morgan fingerprint density at radius 2 is 1.47 bits per heavy atom. The largest absolute Gasteiger partial charge is 0.490 e. The van der Waals surface area contributed by atoms with Crippen LogP contribution in [0.2, 0.25) is 0 Å². The van der Waals surface area contributed by atoms with E-state index in [0.717, 1.165) is 17.1 Å². The number of primary amides is 1. The van der Waals surface area contributed by atoms with Crippen LogP contribution in [0.4, 0.5) is 18.9 Å². The van der Waals surface area contributed by atoms with Gasteiger partial charge in [-0.2, -0.15) is 13.2 Å². The molecule has 1 aromatic heterocycles. The lowest BCUT2D eigenvalue weighted by atomic mass is 10.1. The van der Waals surface area contributed by atoms with Gasteiger partial charge in [0, 0.05) is 28.2 Å². The lowest BCUT2D eigenvalue weighted by Gasteiger charge is -2.09. The van der Waals surface area contributed by atoms with E-state index in [0.29, 0.717) is 16.8 Å². The zero-order valence-electron chi connectivity index (χ0n) is 17.0. The highest BCUT2D eigenvalue weighted by molar-refractivity contribution is 6.05. The van der Waals surface area contributed by atoms with E-state index >= 15 is 0 Å². The van der Waals surface area contributed by atoms with Gasteiger partial charge in [0.1, 0.15) is 0 Å². The number of halogens is 3. The van der Waals surface area contributed by atoms with Crippen LogP contribution in [0.5, 0.6) is 0 Å². The highest BCUT2D eigenvalue weighted by atomic mass is 19.4. The molecule has 0 saturated heterocycles. The van der Waals surface area contributed by atoms with Crippen molar-refractivity contribution in [3.8, 4) is 5.69 Å². The van der Waals surface area contributed by atoms with Gasteiger partial charge in [-0.25, -0.2) is 9.78 Å². The molecule has 0 aliphatic heterocycles. The number of nitrogens with two attached hydrogens (primary N) is 1. The minimum atomic E-state index is -5.08. The summed E-state index contributed by atoms with van der Waals surface area (Å²) in [6, 6.07) is 13.7. The second-order valence-electron chi connectivity index (χ2n) is 6.53. The van der Waals surface area contributed by atoms with Crippen LogP contribution in [0.15, 0.2) is 54.9 Å². The number of benzene rings is 2. The quantitative estimate of drug-likeness (QED) is 0.563. The predicted molar refractivity (Wildman–Crippen MR) is 110 cm³/mol. The van der Waals surface area contributed by atoms with E-state index in [9.17, 15) is 22.8 Å². The summed E-state index contributed by atoms with van der Waals surface area (Å²) in [6.07, 6.45) is -3.31. The van der Waals surface area contributed by atoms with Gasteiger partial charge in [0.2, 0.25) is 5.91 Å². The van der Waals surface area contributed by atoms with Gasteiger partial charge in [-0.3, -0.25) is 9.59 Å². The molecule has 2 amide bonds. The second-order valence-corrected chi connectivity index (χ2v) is 6.53. The van der Waals surface area contributed by atoms with Crippen LogP contribution in [0.3, 0.4) is 0 Å². The van der Waals surface area contributed by atoms with Gasteiger partial charge in [0.25, 0.3) is 5.91 Å². The van der Waals surface area contributed by atoms with Crippen LogP contribution >= 0.6 is 0 Å². The standard InChI is InChI=1S/C19H18N4O2.C2HF3O2/c1-12-13(2)23(11-21-12)17-9-7-16(8-10-17)22-19(25)15-5-3-14(4-6-15)18(20)24;3-2(4,5)1(6)7/h3-11H,1-2H3,(H2,20,24)(H,22,25);(H,6,7). The minimum Gasteiger partial charge on any atom is -0.475 e. The zero-order chi connectivity index (χ0) is 24.1. The molecule has 0 radical (unpaired) electrons. The Labute approximate surface area is 180 Å². The van der Waals surface area contributed by atoms with Gasteiger partial charge >= 0.3 is 12.1 Å². The number of nitrogens with zero attached hydrogens (tertiary/aromatic N) is 2. The fourth-order valence-corrected chi connectivity index (χ4v) is 2.45. The SMILES string of the molecule is Cc1ncn(-c2ccc(NC(=O)c3ccc(C(N)=O)cc3)cc2)c1C.O=C(O)C(F)(F)F. The number of imidazole rings is 1. The van der Waals surface area contributed by atoms with Crippen LogP contribution in [-0.2, 0) is 4.79 Å². The normalized spacial score (nSPS) is 10.7. The van der Waals surface area contributed by atoms with Crippen LogP contribution < -0.4 is 11.1 Å². The zero-order valence-corrected chi connectivity index (χ0v) is 17.0. The number of alkyl halides is 3. The molecule has 0 aliphatic carbocycles. The molecule has 3 aromatic rings. The molecule has 0 fully saturated rings. The fraction of sp³-hybridized carbons (Fsp3) is 0.143. The van der Waals surface area contributed by atoms with Gasteiger partial charge in [-0.05, 0) is 62.4 Å². The van der Waals surface area contributed by atoms with Crippen molar-refractivity contribution in [2.75, 3.05) is 5.32 Å². The molecule has 8 nitrogen and oxygen atoms in total. The molecule has 0 aliphatic rings. The molecular formula is C21H19F3N4O4. The van der Waals surface area contributed by atoms with E-state index in [1.165, 1.54) is 12.1 Å². The van der Waals surface area contributed by atoms with Crippen molar-refractivity contribution in [3.63, 3.8) is 0 Å². The number of nitrogens with one attached hydrogen (secondary N) is 1. The number of hydrogen-bond donors (Lipinski definition) is 3. The molecule has 4 N–H and O–H groups in total. The van der Waals surface area contributed by atoms with Gasteiger partial charge in [-0.1, -0.05) is 0 Å². The van der Waals surface area contributed by atoms with Crippen molar-refractivity contribution in [2.45, 2.75) is 20.0 Å². The summed E-state index contributed by atoms with van der Waals surface area (Å²) in [4.78, 5) is 36.5. The third-order valence-corrected chi connectivity index (χ3v) is 4.33. The molecule has 3 rings (SSSR count). The molecule has 168 valence electrons. The summed E-state index contributed by atoms with van der Waals surface area (Å²) < 4.78 is 33.7. The molecule has 32 heavy (non-hydrogen) atoms. The molecule has 0 unspecified atom stereocenters. The van der Waals surface area contributed by atoms with Gasteiger partial charge in [-0.15, -0.1) is 0 Å². The lowest BCUT2D eigenvalue weighted by molar-refractivity contribution is -0.192. The van der Waals surface area contributed by atoms with E-state index in [-0.39, 0.29) is 5.91 Å². The number of carboxylic acid groups (broad SMARTS) is 1. The molecule has 0 atom stereocenters. The monoisotopic (exact) mass is 448 g/mol. The van der Waals surface area contributed by atoms with Crippen LogP contribution in [-0.4, -0.2) is 38.6 Å². The number of hydrogen-bond acceptors (Lipinski definition) is 4. The first-order chi connectivity index (χ1) is 14.9. The number of aryl methyl sites for hydroxylation is 1. The number of aromatic nitrogens is 2. The highest BCUT2D eigenvalue weighted by Gasteiger charge is 2.38. The first-order valence-electron chi connectivity index (χ1n) is 9.02. The summed E-state index contributed by atoms with van der Waals surface area (Å²) in [6.45, 7) is 3.97. The average molecular weight is 448 g/mol. The van der Waals surface area contributed by atoms with E-state index in [4.69, 9.17) is 15.6 Å². The number of rotatable bonds is 4. The summed E-state index contributed by atoms with van der Waals surface area (Å²) >= 11 is 0. The van der Waals surface area contributed by atoms with Crippen molar-refractivity contribution in [1.29, 1.82) is 0 Å². The van der Waals surface area contributed by atoms with E-state index in [1.54, 1.807) is 18.5 Å². The molecule has 1 heterocycles. The molecule has 0 saturated carbocycles. The second kappa shape index (κ2) is 9.77. The minimum absolute atomic E-state index is 0.251. The maximum atomic E-state index is 12.3. The van der Waals surface area contributed by atoms with Crippen molar-refractivity contribution in [2.24, 2.45) is 5.73 Å². The number of carbonyl (C=O) groups excluding carboxylic acids is 2. The maximum absolute atomic E-state index is 12.3. The maximum Gasteiger partial charge on any atom is 0.490 e. The Morgan fingerprint density at radius 1 is 0.969 bits per heavy atom. The predicted octanol–water partition coefficient (Wildman–Crippen LogP) is 3.47. The number of carbonyl (C=O) groups is 3. The summed E-state index contributed by atoms with van der Waals surface area (Å²) in [5, 5.41) is 9.95. The number of aliphatic carboxylic acids is 1. The van der Waals surface area contributed by atoms with E-state index < -0.39 is 18.1 Å². The molecule has 11 heteroatoms. The first kappa shape index (κ1) is 24.1. The number of amides is 2. The highest BCUT2D eigenvalue weighted by Crippen LogP contribution is 2.17. The van der Waals surface area contributed by atoms with Crippen molar-refractivity contribution < 1.29 is 32.7 Å². The molecule has 2 aromatic carbocycles. The average Bonchev–Trinajstić information content (AvgIpc) is 3.07. The number of carboxylic acids is 1. The topological polar surface area (TPSA) is 127 Å². The van der Waals surface area contributed by atoms with Gasteiger partial charge in [0.05, 0.1) is 12.0 Å². The smallest absolute Gasteiger partial charge is 0.475 e. The van der Waals surface area contributed by atoms with Crippen LogP contribution in [0.1, 0.15) is 32.1 Å². The lowest BCUT2D eigenvalue weighted by Crippen LogP contribution is -2.21. The van der Waals surface area contributed by atoms with Gasteiger partial charge in [0.15, 0.2) is 0 Å². The van der Waals surface area contributed by atoms with E-state index in [2.05, 4.69) is 10.3 Å². The summed E-state index contributed by atoms with van der Waals surface area (Å²) in [7, 11) is 0. The van der Waals surface area contributed by atoms with Crippen molar-refractivity contribution in [1.82, 2.24) is 9.55 Å².